The van der Waals surface area contributed by atoms with Crippen LogP contribution in [0.4, 0.5) is 43.9 Å². The Hall–Kier alpha value is -1.74. The number of allylic oxidation sites excluding steroid dienone is 1. The van der Waals surface area contributed by atoms with Crippen molar-refractivity contribution in [3.8, 4) is 0 Å². The lowest BCUT2D eigenvalue weighted by atomic mass is 10.0. The summed E-state index contributed by atoms with van der Waals surface area (Å²) in [5, 5.41) is 0. The van der Waals surface area contributed by atoms with Gasteiger partial charge in [-0.25, -0.2) is 22.0 Å². The second kappa shape index (κ2) is 3.89. The smallest absolute Gasteiger partial charge is 0.206 e. The maximum atomic E-state index is 13.4. The molecule has 2 rings (SSSR count). The van der Waals surface area contributed by atoms with E-state index < -0.39 is 57.9 Å². The van der Waals surface area contributed by atoms with Crippen molar-refractivity contribution in [3.63, 3.8) is 0 Å². The minimum Gasteiger partial charge on any atom is -0.206 e. The van der Waals surface area contributed by atoms with Gasteiger partial charge < -0.3 is 0 Å². The molecule has 0 N–H and O–H groups in total. The van der Waals surface area contributed by atoms with E-state index in [0.29, 0.717) is 0 Å². The van der Waals surface area contributed by atoms with Gasteiger partial charge in [0.05, 0.1) is 11.1 Å². The highest BCUT2D eigenvalue weighted by Crippen LogP contribution is 2.56. The predicted octanol–water partition coefficient (Wildman–Crippen LogP) is 4.59. The lowest BCUT2D eigenvalue weighted by molar-refractivity contribution is -0.130. The Balaban J connectivity index is 2.95. The number of fused-ring (bicyclic) bond motifs is 1. The summed E-state index contributed by atoms with van der Waals surface area (Å²) in [7, 11) is 0. The molecule has 0 fully saturated rings. The molecular formula is C10F10. The third kappa shape index (κ3) is 1.63. The van der Waals surface area contributed by atoms with Crippen LogP contribution in [-0.2, 0) is 5.92 Å². The zero-order valence-corrected chi connectivity index (χ0v) is 8.78. The zero-order chi connectivity index (χ0) is 15.6. The van der Waals surface area contributed by atoms with Crippen molar-refractivity contribution in [1.82, 2.24) is 0 Å². The first kappa shape index (κ1) is 14.7. The van der Waals surface area contributed by atoms with Gasteiger partial charge in [0.25, 0.3) is 0 Å². The van der Waals surface area contributed by atoms with Gasteiger partial charge in [0.15, 0.2) is 23.3 Å². The number of hydrogen-bond acceptors (Lipinski definition) is 0. The van der Waals surface area contributed by atoms with Gasteiger partial charge in [-0.15, -0.1) is 0 Å². The molecule has 1 aliphatic rings. The van der Waals surface area contributed by atoms with E-state index in [1.165, 1.54) is 0 Å². The molecule has 0 saturated carbocycles. The molecule has 0 atom stereocenters. The minimum absolute atomic E-state index is 2.27. The third-order valence-electron chi connectivity index (χ3n) is 2.62. The van der Waals surface area contributed by atoms with Crippen LogP contribution in [0.3, 0.4) is 0 Å². The van der Waals surface area contributed by atoms with Crippen LogP contribution in [0.25, 0.3) is 5.83 Å². The minimum atomic E-state index is -5.99. The van der Waals surface area contributed by atoms with Gasteiger partial charge in [-0.05, 0) is 0 Å². The molecular weight excluding hydrogens is 310 g/mol. The van der Waals surface area contributed by atoms with E-state index in [2.05, 4.69) is 0 Å². The molecule has 0 bridgehead atoms. The molecule has 0 heterocycles. The molecule has 0 aromatic heterocycles. The van der Waals surface area contributed by atoms with Crippen molar-refractivity contribution in [3.05, 3.63) is 40.0 Å². The second-order valence-corrected chi connectivity index (χ2v) is 3.77. The maximum absolute atomic E-state index is 13.4. The van der Waals surface area contributed by atoms with Gasteiger partial charge in [-0.3, -0.25) is 0 Å². The average molecular weight is 310 g/mol. The molecule has 0 radical (unpaired) electrons. The van der Waals surface area contributed by atoms with Crippen molar-refractivity contribution in [1.29, 1.82) is 0 Å². The van der Waals surface area contributed by atoms with Gasteiger partial charge in [0.1, 0.15) is 11.4 Å². The van der Waals surface area contributed by atoms with E-state index in [4.69, 9.17) is 0 Å². The van der Waals surface area contributed by atoms with Crippen LogP contribution in [0.2, 0.25) is 0 Å². The Morgan fingerprint density at radius 3 is 1.60 bits per heavy atom. The average Bonchev–Trinajstić information content (AvgIpc) is 2.49. The highest BCUT2D eigenvalue weighted by molar-refractivity contribution is 5.76. The molecule has 0 nitrogen and oxygen atoms in total. The summed E-state index contributed by atoms with van der Waals surface area (Å²) in [6.07, 6.45) is -5.99. The third-order valence-corrected chi connectivity index (χ3v) is 2.62. The number of alkyl halides is 5. The van der Waals surface area contributed by atoms with E-state index in [1.807, 2.05) is 0 Å². The number of halogens is 10. The molecule has 20 heavy (non-hydrogen) atoms. The van der Waals surface area contributed by atoms with Gasteiger partial charge in [0.2, 0.25) is 0 Å². The molecule has 110 valence electrons. The van der Waals surface area contributed by atoms with Gasteiger partial charge >= 0.3 is 12.1 Å². The zero-order valence-electron chi connectivity index (χ0n) is 8.78. The summed E-state index contributed by atoms with van der Waals surface area (Å²) < 4.78 is 129. The fourth-order valence-electron chi connectivity index (χ4n) is 1.82. The summed E-state index contributed by atoms with van der Waals surface area (Å²) in [4.78, 5) is 0. The first-order valence-corrected chi connectivity index (χ1v) is 4.64. The van der Waals surface area contributed by atoms with Crippen molar-refractivity contribution in [2.75, 3.05) is 0 Å². The standard InChI is InChI=1S/C10F10/c11-3-1-2(5(13)7(15)6(3)14)9(16,17)8(4(1)12)10(18,19)20. The number of benzene rings is 1. The fraction of sp³-hybridized carbons (Fsp3) is 0.200. The molecule has 1 aromatic rings. The summed E-state index contributed by atoms with van der Waals surface area (Å²) in [6, 6.07) is 0. The largest absolute Gasteiger partial charge is 0.421 e. The predicted molar refractivity (Wildman–Crippen MR) is 44.3 cm³/mol. The topological polar surface area (TPSA) is 0 Å². The van der Waals surface area contributed by atoms with Crippen LogP contribution < -0.4 is 0 Å². The molecule has 0 amide bonds. The molecule has 10 heteroatoms. The lowest BCUT2D eigenvalue weighted by Gasteiger charge is -2.18. The van der Waals surface area contributed by atoms with E-state index in [1.54, 1.807) is 0 Å². The summed E-state index contributed by atoms with van der Waals surface area (Å²) in [5.74, 6) is -19.1. The summed E-state index contributed by atoms with van der Waals surface area (Å²) in [5.41, 5.74) is -7.99. The lowest BCUT2D eigenvalue weighted by Crippen LogP contribution is -2.27. The summed E-state index contributed by atoms with van der Waals surface area (Å²) in [6.45, 7) is 0. The van der Waals surface area contributed by atoms with E-state index in [9.17, 15) is 43.9 Å². The fourth-order valence-corrected chi connectivity index (χ4v) is 1.82. The first-order chi connectivity index (χ1) is 8.92. The van der Waals surface area contributed by atoms with Crippen LogP contribution in [0.1, 0.15) is 11.1 Å². The van der Waals surface area contributed by atoms with E-state index in [-0.39, 0.29) is 0 Å². The molecule has 1 aliphatic carbocycles. The van der Waals surface area contributed by atoms with Crippen LogP contribution >= 0.6 is 0 Å². The van der Waals surface area contributed by atoms with Crippen LogP contribution in [0.5, 0.6) is 0 Å². The molecule has 0 aliphatic heterocycles. The molecule has 0 spiro atoms. The quantitative estimate of drug-likeness (QED) is 0.373. The molecule has 1 aromatic carbocycles. The van der Waals surface area contributed by atoms with Gasteiger partial charge in [0, 0.05) is 0 Å². The van der Waals surface area contributed by atoms with Crippen molar-refractivity contribution in [2.24, 2.45) is 0 Å². The second-order valence-electron chi connectivity index (χ2n) is 3.77. The number of hydrogen-bond donors (Lipinski definition) is 0. The number of rotatable bonds is 0. The Bertz CT molecular complexity index is 637. The SMILES string of the molecule is FC1=C(C(F)(F)F)C(F)(F)c2c(F)c(F)c(F)c(F)c21. The Labute approximate surface area is 103 Å². The highest BCUT2D eigenvalue weighted by atomic mass is 19.4. The van der Waals surface area contributed by atoms with E-state index in [0.717, 1.165) is 0 Å². The van der Waals surface area contributed by atoms with Crippen LogP contribution in [0, 0.1) is 23.3 Å². The Morgan fingerprint density at radius 2 is 1.15 bits per heavy atom. The Morgan fingerprint density at radius 1 is 0.700 bits per heavy atom. The molecule has 0 unspecified atom stereocenters. The van der Waals surface area contributed by atoms with Gasteiger partial charge in [-0.2, -0.15) is 22.0 Å². The Kier molecular flexibility index (Phi) is 2.85. The normalized spacial score (nSPS) is 17.7. The van der Waals surface area contributed by atoms with E-state index >= 15 is 0 Å². The molecule has 0 saturated heterocycles. The van der Waals surface area contributed by atoms with Gasteiger partial charge in [-0.1, -0.05) is 0 Å². The first-order valence-electron chi connectivity index (χ1n) is 4.64. The van der Waals surface area contributed by atoms with Crippen LogP contribution in [-0.4, -0.2) is 6.18 Å². The van der Waals surface area contributed by atoms with Crippen molar-refractivity contribution < 1.29 is 43.9 Å². The van der Waals surface area contributed by atoms with Crippen molar-refractivity contribution in [2.45, 2.75) is 12.1 Å². The summed E-state index contributed by atoms with van der Waals surface area (Å²) >= 11 is 0. The maximum Gasteiger partial charge on any atom is 0.421 e. The monoisotopic (exact) mass is 310 g/mol. The highest BCUT2D eigenvalue weighted by Gasteiger charge is 2.61. The van der Waals surface area contributed by atoms with Crippen LogP contribution in [0.15, 0.2) is 5.57 Å². The van der Waals surface area contributed by atoms with Crippen molar-refractivity contribution >= 4 is 5.83 Å².